The van der Waals surface area contributed by atoms with Gasteiger partial charge in [-0.3, -0.25) is 0 Å². The number of hydrogen-bond acceptors (Lipinski definition) is 5. The van der Waals surface area contributed by atoms with Crippen LogP contribution in [0, 0.1) is 5.41 Å². The van der Waals surface area contributed by atoms with Crippen molar-refractivity contribution in [3.05, 3.63) is 65.2 Å². The van der Waals surface area contributed by atoms with Crippen LogP contribution in [-0.2, 0) is 10.3 Å². The Kier molecular flexibility index (Phi) is 7.49. The highest BCUT2D eigenvalue weighted by Crippen LogP contribution is 2.51. The van der Waals surface area contributed by atoms with Crippen molar-refractivity contribution >= 4 is 6.09 Å². The van der Waals surface area contributed by atoms with Crippen LogP contribution >= 0.6 is 0 Å². The third-order valence-electron chi connectivity index (χ3n) is 7.54. The average Bonchev–Trinajstić information content (AvgIpc) is 2.81. The molecule has 2 aromatic rings. The fraction of sp³-hybridized carbons (Fsp3) is 0.552. The molecule has 0 aliphatic carbocycles. The Morgan fingerprint density at radius 1 is 1.00 bits per heavy atom. The van der Waals surface area contributed by atoms with E-state index < -0.39 is 23.0 Å². The lowest BCUT2D eigenvalue weighted by Gasteiger charge is -2.56. The fourth-order valence-electron chi connectivity index (χ4n) is 5.87. The third kappa shape index (κ3) is 5.94. The first-order valence-electron chi connectivity index (χ1n) is 13.0. The summed E-state index contributed by atoms with van der Waals surface area (Å²) >= 11 is 0. The zero-order valence-corrected chi connectivity index (χ0v) is 22.6. The van der Waals surface area contributed by atoms with Crippen molar-refractivity contribution in [2.75, 3.05) is 33.2 Å². The van der Waals surface area contributed by atoms with Crippen LogP contribution < -0.4 is 4.74 Å². The number of piperidine rings is 1. The molecule has 1 N–H and O–H groups in total. The molecule has 0 saturated carbocycles. The van der Waals surface area contributed by atoms with Crippen LogP contribution in [0.1, 0.15) is 63.1 Å². The van der Waals surface area contributed by atoms with Gasteiger partial charge in [0.15, 0.2) is 0 Å². The molecule has 1 amide bonds. The Labute approximate surface area is 222 Å². The van der Waals surface area contributed by atoms with Gasteiger partial charge in [0.25, 0.3) is 0 Å². The first-order chi connectivity index (χ1) is 17.6. The summed E-state index contributed by atoms with van der Waals surface area (Å²) in [6.07, 6.45) is -3.55. The van der Waals surface area contributed by atoms with Crippen LogP contribution in [0.5, 0.6) is 5.75 Å². The van der Waals surface area contributed by atoms with Crippen LogP contribution in [0.2, 0.25) is 0 Å². The molecule has 0 unspecified atom stereocenters. The maximum absolute atomic E-state index is 12.7. The van der Waals surface area contributed by atoms with E-state index in [0.29, 0.717) is 37.3 Å². The SMILES string of the molecule is CN1CC(C)([C@](O)(c2ccc(OC(F)(F)F)cc2)c2cccc(C3CCN(C(=O)OC(C)(C)C)CC3)c2)C1. The number of benzene rings is 2. The lowest BCUT2D eigenvalue weighted by molar-refractivity contribution is -0.274. The normalized spacial score (nSPS) is 20.4. The van der Waals surface area contributed by atoms with Gasteiger partial charge < -0.3 is 24.4 Å². The number of ether oxygens (including phenoxy) is 2. The van der Waals surface area contributed by atoms with E-state index >= 15 is 0 Å². The molecule has 2 heterocycles. The molecule has 2 aliphatic rings. The van der Waals surface area contributed by atoms with Gasteiger partial charge in [-0.2, -0.15) is 0 Å². The van der Waals surface area contributed by atoms with Gasteiger partial charge in [-0.05, 0) is 75.4 Å². The number of hydrogen-bond donors (Lipinski definition) is 1. The number of amides is 1. The van der Waals surface area contributed by atoms with E-state index in [-0.39, 0.29) is 17.8 Å². The second-order valence-electron chi connectivity index (χ2n) is 11.9. The van der Waals surface area contributed by atoms with E-state index in [1.54, 1.807) is 4.90 Å². The summed E-state index contributed by atoms with van der Waals surface area (Å²) in [7, 11) is 1.97. The van der Waals surface area contributed by atoms with Crippen molar-refractivity contribution < 1.29 is 32.5 Å². The number of alkyl halides is 3. The molecule has 0 bridgehead atoms. The Morgan fingerprint density at radius 3 is 2.13 bits per heavy atom. The first-order valence-corrected chi connectivity index (χ1v) is 13.0. The van der Waals surface area contributed by atoms with Crippen LogP contribution in [0.3, 0.4) is 0 Å². The highest BCUT2D eigenvalue weighted by molar-refractivity contribution is 5.68. The van der Waals surface area contributed by atoms with Crippen LogP contribution in [0.15, 0.2) is 48.5 Å². The van der Waals surface area contributed by atoms with Gasteiger partial charge in [-0.15, -0.1) is 13.2 Å². The number of likely N-dealkylation sites (tertiary alicyclic amines) is 2. The van der Waals surface area contributed by atoms with Crippen LogP contribution in [0.4, 0.5) is 18.0 Å². The fourth-order valence-corrected chi connectivity index (χ4v) is 5.87. The number of nitrogens with zero attached hydrogens (tertiary/aromatic N) is 2. The zero-order valence-electron chi connectivity index (χ0n) is 22.6. The highest BCUT2D eigenvalue weighted by Gasteiger charge is 2.55. The number of rotatable bonds is 5. The Morgan fingerprint density at radius 2 is 1.61 bits per heavy atom. The Bertz CT molecular complexity index is 1130. The Hall–Kier alpha value is -2.78. The predicted molar refractivity (Wildman–Crippen MR) is 138 cm³/mol. The maximum atomic E-state index is 12.7. The van der Waals surface area contributed by atoms with Crippen molar-refractivity contribution in [1.29, 1.82) is 0 Å². The largest absolute Gasteiger partial charge is 0.573 e. The average molecular weight is 535 g/mol. The summed E-state index contributed by atoms with van der Waals surface area (Å²) in [5.74, 6) is -0.123. The minimum Gasteiger partial charge on any atom is -0.444 e. The molecule has 2 aromatic carbocycles. The summed E-state index contributed by atoms with van der Waals surface area (Å²) < 4.78 is 47.6. The monoisotopic (exact) mass is 534 g/mol. The summed E-state index contributed by atoms with van der Waals surface area (Å²) in [4.78, 5) is 16.3. The zero-order chi connectivity index (χ0) is 27.9. The van der Waals surface area contributed by atoms with Crippen LogP contribution in [0.25, 0.3) is 0 Å². The van der Waals surface area contributed by atoms with Crippen LogP contribution in [-0.4, -0.2) is 66.2 Å². The summed E-state index contributed by atoms with van der Waals surface area (Å²) in [6.45, 7) is 9.96. The highest BCUT2D eigenvalue weighted by atomic mass is 19.4. The molecule has 208 valence electrons. The van der Waals surface area contributed by atoms with Gasteiger partial charge in [0, 0.05) is 31.6 Å². The van der Waals surface area contributed by atoms with Gasteiger partial charge in [-0.25, -0.2) is 4.79 Å². The second kappa shape index (κ2) is 10.1. The number of aliphatic hydroxyl groups is 1. The molecule has 2 fully saturated rings. The molecule has 0 radical (unpaired) electrons. The molecule has 0 spiro atoms. The van der Waals surface area contributed by atoms with Gasteiger partial charge in [0.2, 0.25) is 0 Å². The molecule has 6 nitrogen and oxygen atoms in total. The molecule has 2 aliphatic heterocycles. The van der Waals surface area contributed by atoms with Crippen molar-refractivity contribution in [2.45, 2.75) is 64.0 Å². The molecular weight excluding hydrogens is 497 g/mol. The van der Waals surface area contributed by atoms with Crippen molar-refractivity contribution in [1.82, 2.24) is 9.80 Å². The van der Waals surface area contributed by atoms with Crippen molar-refractivity contribution in [2.24, 2.45) is 5.41 Å². The number of carbonyl (C=O) groups excluding carboxylic acids is 1. The lowest BCUT2D eigenvalue weighted by atomic mass is 9.61. The van der Waals surface area contributed by atoms with E-state index in [1.807, 2.05) is 59.0 Å². The van der Waals surface area contributed by atoms with E-state index in [2.05, 4.69) is 9.64 Å². The molecule has 9 heteroatoms. The second-order valence-corrected chi connectivity index (χ2v) is 11.9. The van der Waals surface area contributed by atoms with Gasteiger partial charge in [-0.1, -0.05) is 43.3 Å². The third-order valence-corrected chi connectivity index (χ3v) is 7.54. The lowest BCUT2D eigenvalue weighted by Crippen LogP contribution is -2.63. The van der Waals surface area contributed by atoms with Gasteiger partial charge in [0.1, 0.15) is 17.0 Å². The molecule has 38 heavy (non-hydrogen) atoms. The Balaban J connectivity index is 1.59. The van der Waals surface area contributed by atoms with E-state index in [9.17, 15) is 23.1 Å². The van der Waals surface area contributed by atoms with Crippen molar-refractivity contribution in [3.63, 3.8) is 0 Å². The smallest absolute Gasteiger partial charge is 0.444 e. The minimum absolute atomic E-state index is 0.206. The summed E-state index contributed by atoms with van der Waals surface area (Å²) in [6, 6.07) is 13.4. The van der Waals surface area contributed by atoms with Crippen molar-refractivity contribution in [3.8, 4) is 5.75 Å². The maximum Gasteiger partial charge on any atom is 0.573 e. The predicted octanol–water partition coefficient (Wildman–Crippen LogP) is 5.89. The standard InChI is InChI=1S/C29H37F3N2O4/c1-26(2,3)38-25(35)34-15-13-20(14-16-34)21-7-6-8-23(17-21)28(36,27(4)18-33(5)19-27)22-9-11-24(12-10-22)37-29(30,31)32/h6-12,17,20,36H,13-16,18-19H2,1-5H3/t28-/m0/s1. The first kappa shape index (κ1) is 28.2. The molecule has 1 atom stereocenters. The molecular formula is C29H37F3N2O4. The molecule has 2 saturated heterocycles. The molecule has 4 rings (SSSR count). The summed E-state index contributed by atoms with van der Waals surface area (Å²) in [5.41, 5.74) is -0.242. The summed E-state index contributed by atoms with van der Waals surface area (Å²) in [5, 5.41) is 12.4. The quantitative estimate of drug-likeness (QED) is 0.519. The van der Waals surface area contributed by atoms with E-state index in [4.69, 9.17) is 4.74 Å². The van der Waals surface area contributed by atoms with E-state index in [1.165, 1.54) is 24.3 Å². The van der Waals surface area contributed by atoms with Gasteiger partial charge in [0.05, 0.1) is 0 Å². The van der Waals surface area contributed by atoms with E-state index in [0.717, 1.165) is 18.4 Å². The number of carbonyl (C=O) groups is 1. The minimum atomic E-state index is -4.78. The van der Waals surface area contributed by atoms with Gasteiger partial charge >= 0.3 is 12.5 Å². The molecule has 0 aromatic heterocycles. The number of halogens is 3. The topological polar surface area (TPSA) is 62.2 Å².